The number of rotatable bonds is 8. The molecule has 0 saturated carbocycles. The molecule has 2 rings (SSSR count). The lowest BCUT2D eigenvalue weighted by atomic mass is 10.1. The number of hydrogen-bond donors (Lipinski definition) is 2. The fourth-order valence-electron chi connectivity index (χ4n) is 2.20. The normalized spacial score (nSPS) is 11.5. The zero-order chi connectivity index (χ0) is 17.2. The fourth-order valence-corrected chi connectivity index (χ4v) is 2.69. The van der Waals surface area contributed by atoms with Crippen LogP contribution >= 0.6 is 11.8 Å². The Bertz CT molecular complexity index is 637. The Morgan fingerprint density at radius 3 is 2.71 bits per heavy atom. The van der Waals surface area contributed by atoms with Crippen molar-refractivity contribution < 1.29 is 4.42 Å². The first-order chi connectivity index (χ1) is 11.7. The number of nitrogens with zero attached hydrogens (tertiary/aromatic N) is 2. The topological polar surface area (TPSA) is 62.5 Å². The van der Waals surface area contributed by atoms with Gasteiger partial charge in [0.15, 0.2) is 11.7 Å². The summed E-state index contributed by atoms with van der Waals surface area (Å²) in [7, 11) is 1.77. The van der Waals surface area contributed by atoms with Gasteiger partial charge >= 0.3 is 0 Å². The molecule has 1 aromatic carbocycles. The number of benzene rings is 1. The lowest BCUT2D eigenvalue weighted by Gasteiger charge is -2.10. The van der Waals surface area contributed by atoms with E-state index < -0.39 is 0 Å². The van der Waals surface area contributed by atoms with Gasteiger partial charge in [0.1, 0.15) is 0 Å². The number of nitrogens with one attached hydrogen (secondary N) is 2. The summed E-state index contributed by atoms with van der Waals surface area (Å²) >= 11 is 1.88. The standard InChI is InChI=1S/C18H26N4OS/c1-14-6-8-15(9-7-14)16-12-21-17(23-16)13-22-18(19-2)20-10-4-5-11-24-3/h6-9,12H,4-5,10-11,13H2,1-3H3,(H2,19,20,22). The highest BCUT2D eigenvalue weighted by Gasteiger charge is 2.07. The smallest absolute Gasteiger partial charge is 0.214 e. The molecule has 24 heavy (non-hydrogen) atoms. The van der Waals surface area contributed by atoms with Gasteiger partial charge in [0, 0.05) is 19.2 Å². The lowest BCUT2D eigenvalue weighted by molar-refractivity contribution is 0.497. The van der Waals surface area contributed by atoms with Gasteiger partial charge in [-0.05, 0) is 31.8 Å². The van der Waals surface area contributed by atoms with Crippen molar-refractivity contribution in [3.8, 4) is 11.3 Å². The molecule has 0 aliphatic carbocycles. The maximum atomic E-state index is 5.80. The highest BCUT2D eigenvalue weighted by molar-refractivity contribution is 7.98. The number of aliphatic imine (C=N–C) groups is 1. The molecule has 0 amide bonds. The minimum Gasteiger partial charge on any atom is -0.439 e. The molecule has 2 aromatic rings. The number of guanidine groups is 1. The van der Waals surface area contributed by atoms with E-state index in [1.54, 1.807) is 13.2 Å². The van der Waals surface area contributed by atoms with Crippen molar-refractivity contribution in [2.24, 2.45) is 4.99 Å². The van der Waals surface area contributed by atoms with Gasteiger partial charge in [-0.3, -0.25) is 4.99 Å². The first kappa shape index (κ1) is 18.4. The van der Waals surface area contributed by atoms with E-state index in [0.29, 0.717) is 12.4 Å². The molecular formula is C18H26N4OS. The summed E-state index contributed by atoms with van der Waals surface area (Å²) in [6.45, 7) is 3.50. The largest absolute Gasteiger partial charge is 0.439 e. The van der Waals surface area contributed by atoms with Crippen LogP contribution in [0.4, 0.5) is 0 Å². The van der Waals surface area contributed by atoms with Crippen molar-refractivity contribution in [2.45, 2.75) is 26.3 Å². The van der Waals surface area contributed by atoms with Gasteiger partial charge in [0.2, 0.25) is 5.89 Å². The van der Waals surface area contributed by atoms with Gasteiger partial charge in [-0.2, -0.15) is 11.8 Å². The van der Waals surface area contributed by atoms with Crippen LogP contribution in [0, 0.1) is 6.92 Å². The molecular weight excluding hydrogens is 320 g/mol. The van der Waals surface area contributed by atoms with Crippen LogP contribution in [0.2, 0.25) is 0 Å². The highest BCUT2D eigenvalue weighted by Crippen LogP contribution is 2.20. The third-order valence-electron chi connectivity index (χ3n) is 3.59. The van der Waals surface area contributed by atoms with Crippen molar-refractivity contribution >= 4 is 17.7 Å². The number of hydrogen-bond acceptors (Lipinski definition) is 4. The van der Waals surface area contributed by atoms with Crippen LogP contribution in [0.1, 0.15) is 24.3 Å². The average Bonchev–Trinajstić information content (AvgIpc) is 3.07. The van der Waals surface area contributed by atoms with Crippen molar-refractivity contribution in [3.05, 3.63) is 41.9 Å². The van der Waals surface area contributed by atoms with Crippen LogP contribution in [0.3, 0.4) is 0 Å². The second-order valence-corrected chi connectivity index (χ2v) is 6.52. The molecule has 6 heteroatoms. The van der Waals surface area contributed by atoms with Gasteiger partial charge in [0.25, 0.3) is 0 Å². The average molecular weight is 347 g/mol. The van der Waals surface area contributed by atoms with E-state index in [2.05, 4.69) is 45.9 Å². The molecule has 0 spiro atoms. The molecule has 1 heterocycles. The number of thioether (sulfide) groups is 1. The van der Waals surface area contributed by atoms with Crippen LogP contribution in [0.25, 0.3) is 11.3 Å². The molecule has 0 bridgehead atoms. The van der Waals surface area contributed by atoms with Gasteiger partial charge in [-0.1, -0.05) is 29.8 Å². The van der Waals surface area contributed by atoms with Crippen LogP contribution in [0.5, 0.6) is 0 Å². The molecule has 0 atom stereocenters. The monoisotopic (exact) mass is 346 g/mol. The maximum absolute atomic E-state index is 5.80. The highest BCUT2D eigenvalue weighted by atomic mass is 32.2. The predicted octanol–water partition coefficient (Wildman–Crippen LogP) is 3.46. The molecule has 0 radical (unpaired) electrons. The van der Waals surface area contributed by atoms with Gasteiger partial charge in [0.05, 0.1) is 12.7 Å². The molecule has 2 N–H and O–H groups in total. The summed E-state index contributed by atoms with van der Waals surface area (Å²) in [5.41, 5.74) is 2.27. The molecule has 0 unspecified atom stereocenters. The summed E-state index contributed by atoms with van der Waals surface area (Å²) in [4.78, 5) is 8.54. The Morgan fingerprint density at radius 2 is 2.00 bits per heavy atom. The van der Waals surface area contributed by atoms with E-state index >= 15 is 0 Å². The van der Waals surface area contributed by atoms with E-state index in [4.69, 9.17) is 4.42 Å². The number of aromatic nitrogens is 1. The van der Waals surface area contributed by atoms with Gasteiger partial charge in [-0.15, -0.1) is 0 Å². The fraction of sp³-hybridized carbons (Fsp3) is 0.444. The van der Waals surface area contributed by atoms with Crippen LogP contribution in [-0.4, -0.2) is 36.5 Å². The molecule has 0 saturated heterocycles. The second kappa shape index (κ2) is 10.0. The first-order valence-corrected chi connectivity index (χ1v) is 9.57. The molecule has 130 valence electrons. The Labute approximate surface area is 148 Å². The van der Waals surface area contributed by atoms with E-state index in [1.165, 1.54) is 17.7 Å². The SMILES string of the molecule is CN=C(NCCCCSC)NCc1ncc(-c2ccc(C)cc2)o1. The first-order valence-electron chi connectivity index (χ1n) is 8.18. The summed E-state index contributed by atoms with van der Waals surface area (Å²) in [6, 6.07) is 8.22. The van der Waals surface area contributed by atoms with E-state index in [1.807, 2.05) is 23.9 Å². The van der Waals surface area contributed by atoms with Gasteiger partial charge in [-0.25, -0.2) is 4.98 Å². The van der Waals surface area contributed by atoms with Crippen LogP contribution < -0.4 is 10.6 Å². The Hall–Kier alpha value is -1.95. The molecule has 1 aromatic heterocycles. The van der Waals surface area contributed by atoms with E-state index in [9.17, 15) is 0 Å². The maximum Gasteiger partial charge on any atom is 0.214 e. The predicted molar refractivity (Wildman–Crippen MR) is 102 cm³/mol. The number of unbranched alkanes of at least 4 members (excludes halogenated alkanes) is 1. The summed E-state index contributed by atoms with van der Waals surface area (Å²) in [6.07, 6.45) is 6.25. The molecule has 0 fully saturated rings. The summed E-state index contributed by atoms with van der Waals surface area (Å²) < 4.78 is 5.80. The van der Waals surface area contributed by atoms with Crippen molar-refractivity contribution in [2.75, 3.05) is 25.6 Å². The van der Waals surface area contributed by atoms with E-state index in [0.717, 1.165) is 30.2 Å². The zero-order valence-corrected chi connectivity index (χ0v) is 15.4. The Kier molecular flexibility index (Phi) is 7.68. The zero-order valence-electron chi connectivity index (χ0n) is 14.6. The minimum atomic E-state index is 0.510. The van der Waals surface area contributed by atoms with Crippen molar-refractivity contribution in [1.82, 2.24) is 15.6 Å². The van der Waals surface area contributed by atoms with Crippen LogP contribution in [-0.2, 0) is 6.54 Å². The molecule has 0 aliphatic heterocycles. The van der Waals surface area contributed by atoms with Crippen molar-refractivity contribution in [1.29, 1.82) is 0 Å². The number of aryl methyl sites for hydroxylation is 1. The quantitative estimate of drug-likeness (QED) is 0.435. The van der Waals surface area contributed by atoms with Gasteiger partial charge < -0.3 is 15.1 Å². The third kappa shape index (κ3) is 5.92. The number of oxazole rings is 1. The lowest BCUT2D eigenvalue weighted by Crippen LogP contribution is -2.37. The second-order valence-electron chi connectivity index (χ2n) is 5.54. The Balaban J connectivity index is 1.80. The van der Waals surface area contributed by atoms with Crippen LogP contribution in [0.15, 0.2) is 39.9 Å². The minimum absolute atomic E-state index is 0.510. The molecule has 0 aliphatic rings. The van der Waals surface area contributed by atoms with E-state index in [-0.39, 0.29) is 0 Å². The summed E-state index contributed by atoms with van der Waals surface area (Å²) in [5.74, 6) is 3.41. The summed E-state index contributed by atoms with van der Waals surface area (Å²) in [5, 5.41) is 6.53. The molecule has 5 nitrogen and oxygen atoms in total. The van der Waals surface area contributed by atoms with Crippen molar-refractivity contribution in [3.63, 3.8) is 0 Å². The third-order valence-corrected chi connectivity index (χ3v) is 4.28. The Morgan fingerprint density at radius 1 is 1.21 bits per heavy atom.